The summed E-state index contributed by atoms with van der Waals surface area (Å²) in [6.07, 6.45) is 1.70. The topological polar surface area (TPSA) is 71.3 Å². The number of carbonyl (C=O) groups is 1. The lowest BCUT2D eigenvalue weighted by molar-refractivity contribution is -0.126. The Bertz CT molecular complexity index is 903. The Balaban J connectivity index is 1.22. The van der Waals surface area contributed by atoms with Gasteiger partial charge in [0.25, 0.3) is 0 Å². The molecule has 1 aliphatic heterocycles. The predicted molar refractivity (Wildman–Crippen MR) is 109 cm³/mol. The van der Waals surface area contributed by atoms with Gasteiger partial charge < -0.3 is 9.84 Å². The van der Waals surface area contributed by atoms with Crippen molar-refractivity contribution in [3.05, 3.63) is 58.3 Å². The van der Waals surface area contributed by atoms with Crippen LogP contribution in [0.2, 0.25) is 5.02 Å². The number of benzene rings is 1. The zero-order chi connectivity index (χ0) is 19.3. The Morgan fingerprint density at radius 3 is 2.75 bits per heavy atom. The summed E-state index contributed by atoms with van der Waals surface area (Å²) in [5, 5.41) is 9.61. The molecule has 3 heterocycles. The second-order valence-electron chi connectivity index (χ2n) is 6.88. The zero-order valence-electron chi connectivity index (χ0n) is 15.3. The molecule has 0 atom stereocenters. The lowest BCUT2D eigenvalue weighted by Crippen LogP contribution is -2.40. The van der Waals surface area contributed by atoms with E-state index in [0.29, 0.717) is 11.7 Å². The van der Waals surface area contributed by atoms with E-state index in [-0.39, 0.29) is 18.4 Å². The molecule has 1 aliphatic rings. The highest BCUT2D eigenvalue weighted by atomic mass is 35.5. The molecule has 28 heavy (non-hydrogen) atoms. The van der Waals surface area contributed by atoms with Gasteiger partial charge in [-0.15, -0.1) is 11.3 Å². The maximum Gasteiger partial charge on any atom is 0.246 e. The van der Waals surface area contributed by atoms with Gasteiger partial charge in [-0.3, -0.25) is 9.69 Å². The Morgan fingerprint density at radius 2 is 2.04 bits per heavy atom. The third-order valence-electron chi connectivity index (χ3n) is 4.90. The summed E-state index contributed by atoms with van der Waals surface area (Å²) in [6.45, 7) is 2.97. The fourth-order valence-electron chi connectivity index (χ4n) is 3.34. The van der Waals surface area contributed by atoms with Gasteiger partial charge in [0.2, 0.25) is 17.6 Å². The predicted octanol–water partition coefficient (Wildman–Crippen LogP) is 3.98. The number of piperidine rings is 1. The summed E-state index contributed by atoms with van der Waals surface area (Å²) in [5.41, 5.74) is 1.24. The maximum atomic E-state index is 12.5. The van der Waals surface area contributed by atoms with Crippen LogP contribution in [-0.2, 0) is 17.9 Å². The van der Waals surface area contributed by atoms with E-state index in [9.17, 15) is 4.79 Å². The number of hydrogen-bond acceptors (Lipinski definition) is 6. The molecular formula is C20H21ClN4O2S. The number of hydrogen-bond donors (Lipinski definition) is 1. The number of thiophene rings is 1. The van der Waals surface area contributed by atoms with E-state index in [4.69, 9.17) is 16.1 Å². The van der Waals surface area contributed by atoms with Gasteiger partial charge in [-0.05, 0) is 55.1 Å². The van der Waals surface area contributed by atoms with Gasteiger partial charge in [0, 0.05) is 17.5 Å². The average molecular weight is 417 g/mol. The quantitative estimate of drug-likeness (QED) is 0.658. The van der Waals surface area contributed by atoms with Gasteiger partial charge in [-0.2, -0.15) is 4.98 Å². The van der Waals surface area contributed by atoms with E-state index in [1.54, 1.807) is 11.3 Å². The number of nitrogens with one attached hydrogen (secondary N) is 1. The molecule has 0 aliphatic carbocycles. The molecule has 146 valence electrons. The van der Waals surface area contributed by atoms with Crippen LogP contribution in [0.5, 0.6) is 0 Å². The van der Waals surface area contributed by atoms with Crippen LogP contribution >= 0.6 is 22.9 Å². The minimum Gasteiger partial charge on any atom is -0.347 e. The van der Waals surface area contributed by atoms with Gasteiger partial charge in [0.1, 0.15) is 0 Å². The summed E-state index contributed by atoms with van der Waals surface area (Å²) >= 11 is 7.49. The Kier molecular flexibility index (Phi) is 6.04. The molecule has 0 saturated carbocycles. The first-order chi connectivity index (χ1) is 13.7. The number of aromatic nitrogens is 2. The fraction of sp³-hybridized carbons (Fsp3) is 0.350. The van der Waals surface area contributed by atoms with Gasteiger partial charge in [-0.25, -0.2) is 0 Å². The first-order valence-electron chi connectivity index (χ1n) is 9.28. The van der Waals surface area contributed by atoms with Crippen molar-refractivity contribution in [2.75, 3.05) is 13.1 Å². The molecule has 0 spiro atoms. The molecule has 1 N–H and O–H groups in total. The number of nitrogens with zero attached hydrogens (tertiary/aromatic N) is 3. The second-order valence-corrected chi connectivity index (χ2v) is 8.27. The summed E-state index contributed by atoms with van der Waals surface area (Å²) in [5.74, 6) is 1.08. The van der Waals surface area contributed by atoms with Gasteiger partial charge >= 0.3 is 0 Å². The van der Waals surface area contributed by atoms with Crippen molar-refractivity contribution in [3.8, 4) is 10.7 Å². The fourth-order valence-corrected chi connectivity index (χ4v) is 4.12. The van der Waals surface area contributed by atoms with Crippen LogP contribution in [0.4, 0.5) is 0 Å². The molecule has 0 bridgehead atoms. The smallest absolute Gasteiger partial charge is 0.246 e. The summed E-state index contributed by atoms with van der Waals surface area (Å²) < 4.78 is 5.23. The van der Waals surface area contributed by atoms with Crippen molar-refractivity contribution < 1.29 is 9.32 Å². The number of likely N-dealkylation sites (tertiary alicyclic amines) is 1. The van der Waals surface area contributed by atoms with Crippen LogP contribution < -0.4 is 5.32 Å². The minimum atomic E-state index is 0.0288. The van der Waals surface area contributed by atoms with E-state index in [2.05, 4.69) is 32.5 Å². The van der Waals surface area contributed by atoms with Crippen LogP contribution in [0.1, 0.15) is 24.3 Å². The first kappa shape index (κ1) is 19.1. The number of rotatable bonds is 6. The molecule has 1 amide bonds. The zero-order valence-corrected chi connectivity index (χ0v) is 16.9. The van der Waals surface area contributed by atoms with Crippen molar-refractivity contribution in [1.29, 1.82) is 0 Å². The molecular weight excluding hydrogens is 396 g/mol. The van der Waals surface area contributed by atoms with E-state index in [1.807, 2.05) is 29.6 Å². The van der Waals surface area contributed by atoms with E-state index in [0.717, 1.165) is 42.4 Å². The molecule has 1 aromatic carbocycles. The minimum absolute atomic E-state index is 0.0288. The third-order valence-corrected chi connectivity index (χ3v) is 6.02. The second kappa shape index (κ2) is 8.86. The van der Waals surface area contributed by atoms with Gasteiger partial charge in [-0.1, -0.05) is 35.0 Å². The molecule has 1 fully saturated rings. The van der Waals surface area contributed by atoms with Crippen molar-refractivity contribution in [2.24, 2.45) is 5.92 Å². The van der Waals surface area contributed by atoms with Gasteiger partial charge in [0.05, 0.1) is 11.4 Å². The summed E-state index contributed by atoms with van der Waals surface area (Å²) in [4.78, 5) is 20.1. The van der Waals surface area contributed by atoms with Crippen LogP contribution in [0.25, 0.3) is 10.7 Å². The largest absolute Gasteiger partial charge is 0.347 e. The number of amides is 1. The molecule has 6 nitrogen and oxygen atoms in total. The Hall–Kier alpha value is -2.22. The highest BCUT2D eigenvalue weighted by molar-refractivity contribution is 7.13. The van der Waals surface area contributed by atoms with Crippen LogP contribution in [0.15, 0.2) is 46.3 Å². The van der Waals surface area contributed by atoms with Crippen molar-refractivity contribution in [2.45, 2.75) is 25.9 Å². The Morgan fingerprint density at radius 1 is 1.25 bits per heavy atom. The molecule has 2 aromatic heterocycles. The lowest BCUT2D eigenvalue weighted by Gasteiger charge is -2.31. The average Bonchev–Trinajstić information content (AvgIpc) is 3.40. The standard InChI is InChI=1S/C20H21ClN4O2S/c21-16-5-3-14(4-6-16)13-25-9-7-15(8-10-25)20(26)22-12-18-23-19(24-27-18)17-2-1-11-28-17/h1-6,11,15H,7-10,12-13H2,(H,22,26). The molecule has 0 radical (unpaired) electrons. The normalized spacial score (nSPS) is 15.6. The third kappa shape index (κ3) is 4.79. The highest BCUT2D eigenvalue weighted by Crippen LogP contribution is 2.22. The maximum absolute atomic E-state index is 12.5. The number of carbonyl (C=O) groups excluding carboxylic acids is 1. The Labute approximate surface area is 172 Å². The van der Waals surface area contributed by atoms with E-state index >= 15 is 0 Å². The SMILES string of the molecule is O=C(NCc1nc(-c2cccs2)no1)C1CCN(Cc2ccc(Cl)cc2)CC1. The summed E-state index contributed by atoms with van der Waals surface area (Å²) in [7, 11) is 0. The molecule has 4 rings (SSSR count). The van der Waals surface area contributed by atoms with Crippen molar-refractivity contribution >= 4 is 28.8 Å². The van der Waals surface area contributed by atoms with Crippen LogP contribution in [0, 0.1) is 5.92 Å². The van der Waals surface area contributed by atoms with Crippen LogP contribution in [-0.4, -0.2) is 34.0 Å². The highest BCUT2D eigenvalue weighted by Gasteiger charge is 2.25. The number of halogens is 1. The van der Waals surface area contributed by atoms with Crippen molar-refractivity contribution in [1.82, 2.24) is 20.4 Å². The molecule has 1 saturated heterocycles. The van der Waals surface area contributed by atoms with E-state index in [1.165, 1.54) is 5.56 Å². The van der Waals surface area contributed by atoms with Crippen molar-refractivity contribution in [3.63, 3.8) is 0 Å². The molecule has 8 heteroatoms. The summed E-state index contributed by atoms with van der Waals surface area (Å²) in [6, 6.07) is 11.8. The van der Waals surface area contributed by atoms with Gasteiger partial charge in [0.15, 0.2) is 0 Å². The molecule has 3 aromatic rings. The molecule has 0 unspecified atom stereocenters. The van der Waals surface area contributed by atoms with E-state index < -0.39 is 0 Å². The lowest BCUT2D eigenvalue weighted by atomic mass is 9.95. The van der Waals surface area contributed by atoms with Crippen LogP contribution in [0.3, 0.4) is 0 Å². The first-order valence-corrected chi connectivity index (χ1v) is 10.5. The monoisotopic (exact) mass is 416 g/mol.